The van der Waals surface area contributed by atoms with Crippen molar-refractivity contribution in [1.29, 1.82) is 0 Å². The summed E-state index contributed by atoms with van der Waals surface area (Å²) >= 11 is 5.08. The lowest BCUT2D eigenvalue weighted by molar-refractivity contribution is 0.0940. The van der Waals surface area contributed by atoms with E-state index in [4.69, 9.17) is 0 Å². The molecule has 0 saturated heterocycles. The van der Waals surface area contributed by atoms with Crippen LogP contribution in [0.25, 0.3) is 0 Å². The number of hydrogen-bond acceptors (Lipinski definition) is 2. The van der Waals surface area contributed by atoms with E-state index in [2.05, 4.69) is 26.6 Å². The van der Waals surface area contributed by atoms with Crippen LogP contribution < -0.4 is 5.32 Å². The molecule has 1 aromatic heterocycles. The lowest BCUT2D eigenvalue weighted by Crippen LogP contribution is -2.26. The summed E-state index contributed by atoms with van der Waals surface area (Å²) in [7, 11) is 0. The molecule has 2 rings (SSSR count). The van der Waals surface area contributed by atoms with E-state index in [0.717, 1.165) is 15.6 Å². The van der Waals surface area contributed by atoms with E-state index in [1.807, 2.05) is 43.5 Å². The second-order valence-electron chi connectivity index (χ2n) is 4.22. The molecule has 0 radical (unpaired) electrons. The van der Waals surface area contributed by atoms with E-state index in [0.29, 0.717) is 5.56 Å². The number of nitrogens with one attached hydrogen (secondary N) is 1. The molecule has 94 valence electrons. The van der Waals surface area contributed by atoms with Gasteiger partial charge < -0.3 is 5.32 Å². The van der Waals surface area contributed by atoms with Crippen LogP contribution >= 0.6 is 27.3 Å². The SMILES string of the molecule is Cc1ccc(C(=O)NC(C)c2ccsc2)cc1Br. The minimum Gasteiger partial charge on any atom is -0.345 e. The van der Waals surface area contributed by atoms with Crippen LogP contribution in [0.15, 0.2) is 39.5 Å². The third-order valence-corrected chi connectivity index (χ3v) is 4.38. The number of benzene rings is 1. The van der Waals surface area contributed by atoms with E-state index < -0.39 is 0 Å². The number of hydrogen-bond donors (Lipinski definition) is 1. The molecule has 1 atom stereocenters. The predicted octanol–water partition coefficient (Wildman–Crippen LogP) is 4.31. The monoisotopic (exact) mass is 323 g/mol. The zero-order chi connectivity index (χ0) is 13.1. The third-order valence-electron chi connectivity index (χ3n) is 2.82. The van der Waals surface area contributed by atoms with Crippen molar-refractivity contribution >= 4 is 33.2 Å². The molecule has 0 bridgehead atoms. The lowest BCUT2D eigenvalue weighted by atomic mass is 10.1. The lowest BCUT2D eigenvalue weighted by Gasteiger charge is -2.13. The second-order valence-corrected chi connectivity index (χ2v) is 5.85. The van der Waals surface area contributed by atoms with Crippen molar-refractivity contribution in [3.05, 3.63) is 56.2 Å². The van der Waals surface area contributed by atoms with Gasteiger partial charge in [0, 0.05) is 10.0 Å². The molecule has 0 saturated carbocycles. The van der Waals surface area contributed by atoms with Crippen molar-refractivity contribution in [2.75, 3.05) is 0 Å². The van der Waals surface area contributed by atoms with Gasteiger partial charge in [0.05, 0.1) is 6.04 Å². The highest BCUT2D eigenvalue weighted by Gasteiger charge is 2.12. The fourth-order valence-electron chi connectivity index (χ4n) is 1.62. The Labute approximate surface area is 119 Å². The van der Waals surface area contributed by atoms with Crippen LogP contribution in [0.5, 0.6) is 0 Å². The molecule has 1 aromatic carbocycles. The molecule has 18 heavy (non-hydrogen) atoms. The molecule has 2 nitrogen and oxygen atoms in total. The second kappa shape index (κ2) is 5.67. The molecular formula is C14H14BrNOS. The van der Waals surface area contributed by atoms with Crippen LogP contribution in [0.3, 0.4) is 0 Å². The standard InChI is InChI=1S/C14H14BrNOS/c1-9-3-4-11(7-13(9)15)14(17)16-10(2)12-5-6-18-8-12/h3-8,10H,1-2H3,(H,16,17). The highest BCUT2D eigenvalue weighted by molar-refractivity contribution is 9.10. The molecule has 0 aliphatic carbocycles. The van der Waals surface area contributed by atoms with Crippen molar-refractivity contribution < 1.29 is 4.79 Å². The summed E-state index contributed by atoms with van der Waals surface area (Å²) in [5.41, 5.74) is 2.94. The van der Waals surface area contributed by atoms with Crippen molar-refractivity contribution in [2.45, 2.75) is 19.9 Å². The maximum Gasteiger partial charge on any atom is 0.251 e. The molecule has 0 spiro atoms. The molecule has 1 heterocycles. The van der Waals surface area contributed by atoms with Crippen LogP contribution in [0.2, 0.25) is 0 Å². The summed E-state index contributed by atoms with van der Waals surface area (Å²) in [6.45, 7) is 3.99. The van der Waals surface area contributed by atoms with Gasteiger partial charge in [-0.2, -0.15) is 11.3 Å². The van der Waals surface area contributed by atoms with Crippen molar-refractivity contribution in [3.8, 4) is 0 Å². The Morgan fingerprint density at radius 2 is 2.17 bits per heavy atom. The van der Waals surface area contributed by atoms with Gasteiger partial charge in [-0.1, -0.05) is 22.0 Å². The van der Waals surface area contributed by atoms with E-state index >= 15 is 0 Å². The molecule has 2 aromatic rings. The largest absolute Gasteiger partial charge is 0.345 e. The van der Waals surface area contributed by atoms with Gasteiger partial charge in [0.2, 0.25) is 0 Å². The van der Waals surface area contributed by atoms with Crippen LogP contribution in [0.1, 0.15) is 34.5 Å². The molecule has 0 fully saturated rings. The van der Waals surface area contributed by atoms with E-state index in [9.17, 15) is 4.79 Å². The normalized spacial score (nSPS) is 12.2. The molecule has 0 aliphatic heterocycles. The van der Waals surface area contributed by atoms with Gasteiger partial charge in [0.25, 0.3) is 5.91 Å². The first kappa shape index (κ1) is 13.3. The fourth-order valence-corrected chi connectivity index (χ4v) is 2.75. The quantitative estimate of drug-likeness (QED) is 0.895. The Morgan fingerprint density at radius 1 is 1.39 bits per heavy atom. The summed E-state index contributed by atoms with van der Waals surface area (Å²) < 4.78 is 0.957. The highest BCUT2D eigenvalue weighted by atomic mass is 79.9. The fraction of sp³-hybridized carbons (Fsp3) is 0.214. The average Bonchev–Trinajstić information content (AvgIpc) is 2.86. The van der Waals surface area contributed by atoms with Gasteiger partial charge in [-0.15, -0.1) is 0 Å². The first-order valence-electron chi connectivity index (χ1n) is 5.67. The maximum atomic E-state index is 12.1. The summed E-state index contributed by atoms with van der Waals surface area (Å²) in [5.74, 6) is -0.0469. The van der Waals surface area contributed by atoms with Gasteiger partial charge in [-0.25, -0.2) is 0 Å². The average molecular weight is 324 g/mol. The van der Waals surface area contributed by atoms with Crippen LogP contribution in [-0.2, 0) is 0 Å². The number of carbonyl (C=O) groups is 1. The van der Waals surface area contributed by atoms with Gasteiger partial charge in [-0.3, -0.25) is 4.79 Å². The van der Waals surface area contributed by atoms with Crippen LogP contribution in [-0.4, -0.2) is 5.91 Å². The Bertz CT molecular complexity index is 551. The summed E-state index contributed by atoms with van der Waals surface area (Å²) in [4.78, 5) is 12.1. The summed E-state index contributed by atoms with van der Waals surface area (Å²) in [5, 5.41) is 7.06. The van der Waals surface area contributed by atoms with Gasteiger partial charge >= 0.3 is 0 Å². The van der Waals surface area contributed by atoms with E-state index in [1.54, 1.807) is 11.3 Å². The van der Waals surface area contributed by atoms with Crippen LogP contribution in [0, 0.1) is 6.92 Å². The molecule has 0 aliphatic rings. The highest BCUT2D eigenvalue weighted by Crippen LogP contribution is 2.19. The number of thiophene rings is 1. The summed E-state index contributed by atoms with van der Waals surface area (Å²) in [6.07, 6.45) is 0. The van der Waals surface area contributed by atoms with E-state index in [-0.39, 0.29) is 11.9 Å². The van der Waals surface area contributed by atoms with Crippen molar-refractivity contribution in [3.63, 3.8) is 0 Å². The smallest absolute Gasteiger partial charge is 0.251 e. The number of carbonyl (C=O) groups excluding carboxylic acids is 1. The molecule has 1 amide bonds. The Balaban J connectivity index is 2.10. The van der Waals surface area contributed by atoms with Crippen molar-refractivity contribution in [2.24, 2.45) is 0 Å². The molecule has 4 heteroatoms. The Kier molecular flexibility index (Phi) is 4.19. The van der Waals surface area contributed by atoms with Crippen LogP contribution in [0.4, 0.5) is 0 Å². The van der Waals surface area contributed by atoms with E-state index in [1.165, 1.54) is 0 Å². The maximum absolute atomic E-state index is 12.1. The molecule has 1 unspecified atom stereocenters. The topological polar surface area (TPSA) is 29.1 Å². The Morgan fingerprint density at radius 3 is 2.78 bits per heavy atom. The Hall–Kier alpha value is -1.13. The number of amides is 1. The predicted molar refractivity (Wildman–Crippen MR) is 79.1 cm³/mol. The molecular weight excluding hydrogens is 310 g/mol. The minimum absolute atomic E-state index is 0.0313. The first-order chi connectivity index (χ1) is 8.58. The first-order valence-corrected chi connectivity index (χ1v) is 7.40. The van der Waals surface area contributed by atoms with Gasteiger partial charge in [0.1, 0.15) is 0 Å². The summed E-state index contributed by atoms with van der Waals surface area (Å²) in [6, 6.07) is 7.69. The number of aryl methyl sites for hydroxylation is 1. The number of rotatable bonds is 3. The minimum atomic E-state index is -0.0469. The van der Waals surface area contributed by atoms with Crippen molar-refractivity contribution in [1.82, 2.24) is 5.32 Å². The third kappa shape index (κ3) is 3.00. The zero-order valence-corrected chi connectivity index (χ0v) is 12.6. The number of halogens is 1. The zero-order valence-electron chi connectivity index (χ0n) is 10.2. The molecule has 1 N–H and O–H groups in total. The van der Waals surface area contributed by atoms with Gasteiger partial charge in [-0.05, 0) is 53.9 Å². The van der Waals surface area contributed by atoms with Gasteiger partial charge in [0.15, 0.2) is 0 Å².